The van der Waals surface area contributed by atoms with E-state index in [0.717, 1.165) is 29.3 Å². The number of aryl methyl sites for hydroxylation is 2. The molecule has 2 aromatic rings. The van der Waals surface area contributed by atoms with Crippen LogP contribution in [0, 0.1) is 25.5 Å². The van der Waals surface area contributed by atoms with E-state index in [-0.39, 0.29) is 11.6 Å². The molecule has 0 atom stereocenters. The van der Waals surface area contributed by atoms with E-state index in [0.29, 0.717) is 6.54 Å². The van der Waals surface area contributed by atoms with Crippen LogP contribution in [0.5, 0.6) is 0 Å². The molecule has 1 heterocycles. The SMILES string of the molecule is CCCNc1nc(Nc2cc(C)ccc2C)c(F)cc1F. The molecule has 1 aromatic heterocycles. The minimum absolute atomic E-state index is 0.0173. The molecule has 0 radical (unpaired) electrons. The highest BCUT2D eigenvalue weighted by Crippen LogP contribution is 2.25. The maximum Gasteiger partial charge on any atom is 0.169 e. The zero-order valence-corrected chi connectivity index (χ0v) is 12.4. The highest BCUT2D eigenvalue weighted by molar-refractivity contribution is 5.63. The Morgan fingerprint density at radius 1 is 1.05 bits per heavy atom. The molecule has 0 unspecified atom stereocenters. The van der Waals surface area contributed by atoms with Gasteiger partial charge in [-0.2, -0.15) is 0 Å². The number of pyridine rings is 1. The monoisotopic (exact) mass is 291 g/mol. The molecule has 0 saturated carbocycles. The smallest absolute Gasteiger partial charge is 0.169 e. The minimum atomic E-state index is -0.713. The average Bonchev–Trinajstić information content (AvgIpc) is 2.44. The number of nitrogens with zero attached hydrogens (tertiary/aromatic N) is 1. The van der Waals surface area contributed by atoms with Gasteiger partial charge < -0.3 is 10.6 Å². The van der Waals surface area contributed by atoms with E-state index in [1.807, 2.05) is 39.0 Å². The number of nitrogens with one attached hydrogen (secondary N) is 2. The van der Waals surface area contributed by atoms with E-state index in [4.69, 9.17) is 0 Å². The summed E-state index contributed by atoms with van der Waals surface area (Å²) in [6.07, 6.45) is 0.832. The Labute approximate surface area is 123 Å². The number of halogens is 2. The molecule has 0 amide bonds. The van der Waals surface area contributed by atoms with Crippen molar-refractivity contribution in [1.29, 1.82) is 0 Å². The van der Waals surface area contributed by atoms with Gasteiger partial charge in [-0.15, -0.1) is 0 Å². The van der Waals surface area contributed by atoms with E-state index in [1.165, 1.54) is 0 Å². The molecule has 0 aliphatic carbocycles. The average molecular weight is 291 g/mol. The molecule has 0 aliphatic heterocycles. The maximum atomic E-state index is 13.9. The van der Waals surface area contributed by atoms with Crippen molar-refractivity contribution >= 4 is 17.3 Å². The first kappa shape index (κ1) is 15.2. The van der Waals surface area contributed by atoms with Crippen LogP contribution in [0.25, 0.3) is 0 Å². The lowest BCUT2D eigenvalue weighted by molar-refractivity contribution is 0.579. The zero-order chi connectivity index (χ0) is 15.4. The van der Waals surface area contributed by atoms with Crippen molar-refractivity contribution in [2.45, 2.75) is 27.2 Å². The number of benzene rings is 1. The summed E-state index contributed by atoms with van der Waals surface area (Å²) >= 11 is 0. The van der Waals surface area contributed by atoms with Gasteiger partial charge in [0, 0.05) is 18.3 Å². The Kier molecular flexibility index (Phi) is 4.73. The van der Waals surface area contributed by atoms with Gasteiger partial charge in [0.1, 0.15) is 0 Å². The Hall–Kier alpha value is -2.17. The molecule has 0 bridgehead atoms. The van der Waals surface area contributed by atoms with E-state index < -0.39 is 11.6 Å². The lowest BCUT2D eigenvalue weighted by atomic mass is 10.1. The second-order valence-electron chi connectivity index (χ2n) is 5.02. The van der Waals surface area contributed by atoms with Crippen molar-refractivity contribution in [3.05, 3.63) is 47.0 Å². The molecule has 1 aromatic carbocycles. The van der Waals surface area contributed by atoms with E-state index >= 15 is 0 Å². The van der Waals surface area contributed by atoms with Gasteiger partial charge in [-0.3, -0.25) is 0 Å². The Balaban J connectivity index is 2.32. The maximum absolute atomic E-state index is 13.9. The highest BCUT2D eigenvalue weighted by atomic mass is 19.1. The third kappa shape index (κ3) is 3.68. The number of aromatic nitrogens is 1. The number of anilines is 3. The van der Waals surface area contributed by atoms with Gasteiger partial charge in [0.05, 0.1) is 0 Å². The molecule has 0 spiro atoms. The van der Waals surface area contributed by atoms with E-state index in [1.54, 1.807) is 0 Å². The third-order valence-corrected chi connectivity index (χ3v) is 3.12. The quantitative estimate of drug-likeness (QED) is 0.849. The lowest BCUT2D eigenvalue weighted by Crippen LogP contribution is -2.08. The summed E-state index contributed by atoms with van der Waals surface area (Å²) in [6, 6.07) is 6.66. The predicted octanol–water partition coefficient (Wildman–Crippen LogP) is 4.54. The summed E-state index contributed by atoms with van der Waals surface area (Å²) in [5.41, 5.74) is 2.78. The highest BCUT2D eigenvalue weighted by Gasteiger charge is 2.12. The largest absolute Gasteiger partial charge is 0.368 e. The second kappa shape index (κ2) is 6.52. The summed E-state index contributed by atoms with van der Waals surface area (Å²) in [6.45, 7) is 6.41. The van der Waals surface area contributed by atoms with Crippen molar-refractivity contribution in [2.24, 2.45) is 0 Å². The van der Waals surface area contributed by atoms with Crippen LogP contribution < -0.4 is 10.6 Å². The molecule has 0 saturated heterocycles. The summed E-state index contributed by atoms with van der Waals surface area (Å²) in [5.74, 6) is -1.32. The first-order chi connectivity index (χ1) is 10.0. The Morgan fingerprint density at radius 2 is 1.76 bits per heavy atom. The second-order valence-corrected chi connectivity index (χ2v) is 5.02. The number of hydrogen-bond donors (Lipinski definition) is 2. The van der Waals surface area contributed by atoms with Crippen LogP contribution in [0.4, 0.5) is 26.1 Å². The standard InChI is InChI=1S/C16H19F2N3/c1-4-7-19-15-12(17)9-13(18)16(21-15)20-14-8-10(2)5-6-11(14)3/h5-6,8-9H,4,7H2,1-3H3,(H2,19,20,21). The topological polar surface area (TPSA) is 37.0 Å². The Bertz CT molecular complexity index is 642. The van der Waals surface area contributed by atoms with Crippen LogP contribution in [0.15, 0.2) is 24.3 Å². The molecular formula is C16H19F2N3. The number of hydrogen-bond acceptors (Lipinski definition) is 3. The molecular weight excluding hydrogens is 272 g/mol. The van der Waals surface area contributed by atoms with Gasteiger partial charge in [0.25, 0.3) is 0 Å². The van der Waals surface area contributed by atoms with Crippen molar-refractivity contribution in [1.82, 2.24) is 4.98 Å². The van der Waals surface area contributed by atoms with E-state index in [9.17, 15) is 8.78 Å². The van der Waals surface area contributed by atoms with Gasteiger partial charge in [-0.05, 0) is 37.5 Å². The molecule has 0 fully saturated rings. The van der Waals surface area contributed by atoms with E-state index in [2.05, 4.69) is 15.6 Å². The molecule has 112 valence electrons. The van der Waals surface area contributed by atoms with Crippen molar-refractivity contribution in [3.63, 3.8) is 0 Å². The van der Waals surface area contributed by atoms with Crippen LogP contribution in [0.2, 0.25) is 0 Å². The normalized spacial score (nSPS) is 10.5. The Morgan fingerprint density at radius 3 is 2.48 bits per heavy atom. The van der Waals surface area contributed by atoms with Gasteiger partial charge in [-0.1, -0.05) is 19.1 Å². The number of rotatable bonds is 5. The molecule has 21 heavy (non-hydrogen) atoms. The predicted molar refractivity (Wildman–Crippen MR) is 82.1 cm³/mol. The van der Waals surface area contributed by atoms with Crippen LogP contribution in [0.1, 0.15) is 24.5 Å². The van der Waals surface area contributed by atoms with Crippen LogP contribution in [-0.4, -0.2) is 11.5 Å². The van der Waals surface area contributed by atoms with Gasteiger partial charge in [0.15, 0.2) is 23.3 Å². The summed E-state index contributed by atoms with van der Waals surface area (Å²) in [5, 5.41) is 5.78. The molecule has 2 rings (SSSR count). The third-order valence-electron chi connectivity index (χ3n) is 3.12. The molecule has 2 N–H and O–H groups in total. The first-order valence-corrected chi connectivity index (χ1v) is 6.95. The molecule has 3 nitrogen and oxygen atoms in total. The molecule has 5 heteroatoms. The fourth-order valence-electron chi connectivity index (χ4n) is 1.92. The van der Waals surface area contributed by atoms with Crippen molar-refractivity contribution in [3.8, 4) is 0 Å². The van der Waals surface area contributed by atoms with Gasteiger partial charge in [-0.25, -0.2) is 13.8 Å². The molecule has 0 aliphatic rings. The van der Waals surface area contributed by atoms with Crippen molar-refractivity contribution < 1.29 is 8.78 Å². The fraction of sp³-hybridized carbons (Fsp3) is 0.312. The van der Waals surface area contributed by atoms with Crippen molar-refractivity contribution in [2.75, 3.05) is 17.2 Å². The fourth-order valence-corrected chi connectivity index (χ4v) is 1.92. The zero-order valence-electron chi connectivity index (χ0n) is 12.4. The summed E-state index contributed by atoms with van der Waals surface area (Å²) in [7, 11) is 0. The van der Waals surface area contributed by atoms with Crippen LogP contribution >= 0.6 is 0 Å². The summed E-state index contributed by atoms with van der Waals surface area (Å²) in [4.78, 5) is 4.00. The first-order valence-electron chi connectivity index (χ1n) is 6.95. The lowest BCUT2D eigenvalue weighted by Gasteiger charge is -2.13. The summed E-state index contributed by atoms with van der Waals surface area (Å²) < 4.78 is 27.5. The van der Waals surface area contributed by atoms with Gasteiger partial charge in [0.2, 0.25) is 0 Å². The van der Waals surface area contributed by atoms with Gasteiger partial charge >= 0.3 is 0 Å². The van der Waals surface area contributed by atoms with Crippen LogP contribution in [-0.2, 0) is 0 Å². The minimum Gasteiger partial charge on any atom is -0.368 e. The van der Waals surface area contributed by atoms with Crippen LogP contribution in [0.3, 0.4) is 0 Å².